The largest absolute Gasteiger partial charge is 0.330 e. The zero-order chi connectivity index (χ0) is 14.4. The van der Waals surface area contributed by atoms with Crippen molar-refractivity contribution in [2.24, 2.45) is 17.6 Å². The van der Waals surface area contributed by atoms with E-state index in [1.54, 1.807) is 0 Å². The molecule has 0 heterocycles. The predicted molar refractivity (Wildman–Crippen MR) is 71.7 cm³/mol. The monoisotopic (exact) mass is 269 g/mol. The van der Waals surface area contributed by atoms with Crippen molar-refractivity contribution in [1.82, 2.24) is 0 Å². The minimum absolute atomic E-state index is 0.0855. The van der Waals surface area contributed by atoms with Gasteiger partial charge in [-0.05, 0) is 36.9 Å². The fraction of sp³-hybridized carbons (Fsp3) is 0.533. The number of hydrogen-bond donors (Lipinski definition) is 1. The third-order valence-corrected chi connectivity index (χ3v) is 3.09. The van der Waals surface area contributed by atoms with Gasteiger partial charge in [-0.15, -0.1) is 0 Å². The average molecular weight is 269 g/mol. The highest BCUT2D eigenvalue weighted by Crippen LogP contribution is 2.18. The van der Waals surface area contributed by atoms with Crippen molar-refractivity contribution < 1.29 is 13.6 Å². The van der Waals surface area contributed by atoms with E-state index in [0.29, 0.717) is 12.5 Å². The number of halogens is 2. The van der Waals surface area contributed by atoms with Crippen molar-refractivity contribution >= 4 is 5.78 Å². The van der Waals surface area contributed by atoms with Crippen LogP contribution in [0.3, 0.4) is 0 Å². The van der Waals surface area contributed by atoms with Crippen LogP contribution < -0.4 is 5.73 Å². The number of ketones is 1. The molecule has 0 fully saturated rings. The molecule has 1 aromatic carbocycles. The highest BCUT2D eigenvalue weighted by molar-refractivity contribution is 5.81. The SMILES string of the molecule is CC(C)CC(CN)CC(=O)Cc1c(F)cccc1F. The Bertz CT molecular complexity index is 412. The summed E-state index contributed by atoms with van der Waals surface area (Å²) >= 11 is 0. The Morgan fingerprint density at radius 1 is 1.26 bits per heavy atom. The first-order valence-electron chi connectivity index (χ1n) is 6.58. The van der Waals surface area contributed by atoms with Gasteiger partial charge in [-0.25, -0.2) is 8.78 Å². The van der Waals surface area contributed by atoms with E-state index in [-0.39, 0.29) is 30.1 Å². The molecule has 2 N–H and O–H groups in total. The second-order valence-corrected chi connectivity index (χ2v) is 5.35. The van der Waals surface area contributed by atoms with Gasteiger partial charge in [-0.2, -0.15) is 0 Å². The molecular weight excluding hydrogens is 248 g/mol. The van der Waals surface area contributed by atoms with E-state index >= 15 is 0 Å². The molecule has 0 spiro atoms. The average Bonchev–Trinajstić information content (AvgIpc) is 2.32. The molecule has 0 aliphatic heterocycles. The van der Waals surface area contributed by atoms with Gasteiger partial charge in [0, 0.05) is 18.4 Å². The summed E-state index contributed by atoms with van der Waals surface area (Å²) in [4.78, 5) is 11.9. The molecule has 0 radical (unpaired) electrons. The topological polar surface area (TPSA) is 43.1 Å². The second kappa shape index (κ2) is 7.34. The van der Waals surface area contributed by atoms with Crippen molar-refractivity contribution in [3.63, 3.8) is 0 Å². The van der Waals surface area contributed by atoms with E-state index in [4.69, 9.17) is 5.73 Å². The maximum absolute atomic E-state index is 13.4. The normalized spacial score (nSPS) is 12.7. The molecule has 0 aliphatic carbocycles. The fourth-order valence-electron chi connectivity index (χ4n) is 2.22. The standard InChI is InChI=1S/C15H21F2NO/c1-10(2)6-11(9-18)7-12(19)8-13-14(16)4-3-5-15(13)17/h3-5,10-11H,6-9,18H2,1-2H3. The molecule has 0 amide bonds. The Labute approximate surface area is 113 Å². The maximum Gasteiger partial charge on any atom is 0.137 e. The van der Waals surface area contributed by atoms with Crippen molar-refractivity contribution in [2.45, 2.75) is 33.1 Å². The molecule has 1 rings (SSSR count). The van der Waals surface area contributed by atoms with E-state index in [0.717, 1.165) is 6.42 Å². The van der Waals surface area contributed by atoms with Crippen molar-refractivity contribution in [3.05, 3.63) is 35.4 Å². The molecule has 0 bridgehead atoms. The maximum atomic E-state index is 13.4. The van der Waals surface area contributed by atoms with Crippen molar-refractivity contribution in [2.75, 3.05) is 6.54 Å². The van der Waals surface area contributed by atoms with Gasteiger partial charge < -0.3 is 5.73 Å². The zero-order valence-electron chi connectivity index (χ0n) is 11.5. The molecule has 19 heavy (non-hydrogen) atoms. The summed E-state index contributed by atoms with van der Waals surface area (Å²) in [5.74, 6) is -0.961. The van der Waals surface area contributed by atoms with E-state index in [1.165, 1.54) is 18.2 Å². The van der Waals surface area contributed by atoms with Gasteiger partial charge in [0.2, 0.25) is 0 Å². The molecule has 0 aromatic heterocycles. The number of nitrogens with two attached hydrogens (primary N) is 1. The summed E-state index contributed by atoms with van der Waals surface area (Å²) < 4.78 is 26.8. The van der Waals surface area contributed by atoms with Crippen LogP contribution in [0.15, 0.2) is 18.2 Å². The Morgan fingerprint density at radius 2 is 1.84 bits per heavy atom. The molecule has 2 nitrogen and oxygen atoms in total. The Hall–Kier alpha value is -1.29. The van der Waals surface area contributed by atoms with Gasteiger partial charge >= 0.3 is 0 Å². The lowest BCUT2D eigenvalue weighted by molar-refractivity contribution is -0.119. The molecule has 0 aliphatic rings. The lowest BCUT2D eigenvalue weighted by Crippen LogP contribution is -2.21. The van der Waals surface area contributed by atoms with Gasteiger partial charge in [-0.1, -0.05) is 19.9 Å². The molecule has 1 atom stereocenters. The molecule has 4 heteroatoms. The van der Waals surface area contributed by atoms with Crippen LogP contribution in [0, 0.1) is 23.5 Å². The minimum atomic E-state index is -0.665. The number of carbonyl (C=O) groups is 1. The van der Waals surface area contributed by atoms with Gasteiger partial charge in [-0.3, -0.25) is 4.79 Å². The smallest absolute Gasteiger partial charge is 0.137 e. The summed E-state index contributed by atoms with van der Waals surface area (Å²) in [5, 5.41) is 0. The van der Waals surface area contributed by atoms with Crippen molar-refractivity contribution in [3.8, 4) is 0 Å². The number of hydrogen-bond acceptors (Lipinski definition) is 2. The summed E-state index contributed by atoms with van der Waals surface area (Å²) in [6.45, 7) is 4.54. The first-order chi connectivity index (χ1) is 8.93. The first-order valence-corrected chi connectivity index (χ1v) is 6.58. The van der Waals surface area contributed by atoms with E-state index in [9.17, 15) is 13.6 Å². The lowest BCUT2D eigenvalue weighted by Gasteiger charge is -2.16. The third kappa shape index (κ3) is 5.07. The number of Topliss-reactive ketones (excluding diaryl/α,β-unsaturated/α-hetero) is 1. The predicted octanol–water partition coefficient (Wildman–Crippen LogP) is 3.09. The Balaban J connectivity index is 2.64. The van der Waals surface area contributed by atoms with E-state index < -0.39 is 11.6 Å². The van der Waals surface area contributed by atoms with E-state index in [1.807, 2.05) is 0 Å². The highest BCUT2D eigenvalue weighted by Gasteiger charge is 2.17. The van der Waals surface area contributed by atoms with Gasteiger partial charge in [0.25, 0.3) is 0 Å². The van der Waals surface area contributed by atoms with Crippen LogP contribution in [0.5, 0.6) is 0 Å². The quantitative estimate of drug-likeness (QED) is 0.826. The highest BCUT2D eigenvalue weighted by atomic mass is 19.1. The third-order valence-electron chi connectivity index (χ3n) is 3.09. The van der Waals surface area contributed by atoms with Crippen LogP contribution >= 0.6 is 0 Å². The molecule has 1 unspecified atom stereocenters. The Kier molecular flexibility index (Phi) is 6.09. The molecule has 0 saturated carbocycles. The first kappa shape index (κ1) is 15.8. The number of rotatable bonds is 7. The van der Waals surface area contributed by atoms with Crippen LogP contribution in [0.4, 0.5) is 8.78 Å². The summed E-state index contributed by atoms with van der Waals surface area (Å²) in [7, 11) is 0. The van der Waals surface area contributed by atoms with Gasteiger partial charge in [0.1, 0.15) is 17.4 Å². The minimum Gasteiger partial charge on any atom is -0.330 e. The Morgan fingerprint density at radius 3 is 2.32 bits per heavy atom. The molecule has 1 aromatic rings. The fourth-order valence-corrected chi connectivity index (χ4v) is 2.22. The van der Waals surface area contributed by atoms with Crippen LogP contribution in [0.25, 0.3) is 0 Å². The van der Waals surface area contributed by atoms with Crippen LogP contribution in [-0.2, 0) is 11.2 Å². The molecular formula is C15H21F2NO. The number of benzene rings is 1. The van der Waals surface area contributed by atoms with Crippen LogP contribution in [0.1, 0.15) is 32.3 Å². The van der Waals surface area contributed by atoms with Gasteiger partial charge in [0.05, 0.1) is 0 Å². The summed E-state index contributed by atoms with van der Waals surface area (Å²) in [6, 6.07) is 3.63. The number of carbonyl (C=O) groups excluding carboxylic acids is 1. The second-order valence-electron chi connectivity index (χ2n) is 5.35. The van der Waals surface area contributed by atoms with Crippen molar-refractivity contribution in [1.29, 1.82) is 0 Å². The van der Waals surface area contributed by atoms with Crippen LogP contribution in [0.2, 0.25) is 0 Å². The zero-order valence-corrected chi connectivity index (χ0v) is 11.5. The van der Waals surface area contributed by atoms with E-state index in [2.05, 4.69) is 13.8 Å². The molecule has 106 valence electrons. The lowest BCUT2D eigenvalue weighted by atomic mass is 9.91. The van der Waals surface area contributed by atoms with Gasteiger partial charge in [0.15, 0.2) is 0 Å². The van der Waals surface area contributed by atoms with Crippen LogP contribution in [-0.4, -0.2) is 12.3 Å². The molecule has 0 saturated heterocycles. The summed E-state index contributed by atoms with van der Waals surface area (Å²) in [6.07, 6.45) is 0.928. The summed E-state index contributed by atoms with van der Waals surface area (Å²) in [5.41, 5.74) is 5.48.